The minimum Gasteiger partial charge on any atom is -0.417 e. The van der Waals surface area contributed by atoms with Crippen LogP contribution in [0.5, 0.6) is 0 Å². The van der Waals surface area contributed by atoms with Crippen LogP contribution in [-0.2, 0) is 23.4 Å². The molecule has 0 bridgehead atoms. The molecule has 0 aromatic carbocycles. The summed E-state index contributed by atoms with van der Waals surface area (Å²) in [6.07, 6.45) is 11.0. The molecule has 5 nitrogen and oxygen atoms in total. The highest BCUT2D eigenvalue weighted by molar-refractivity contribution is 14.1. The predicted octanol–water partition coefficient (Wildman–Crippen LogP) is 7.90. The number of methoxy groups -OCH3 is 2. The molecule has 0 aliphatic rings. The maximum atomic E-state index is 6.49. The van der Waals surface area contributed by atoms with E-state index in [1.165, 1.54) is 28.4 Å². The van der Waals surface area contributed by atoms with Crippen LogP contribution in [0.25, 0.3) is 0 Å². The van der Waals surface area contributed by atoms with Gasteiger partial charge < -0.3 is 23.4 Å². The van der Waals surface area contributed by atoms with Gasteiger partial charge in [0.25, 0.3) is 0 Å². The van der Waals surface area contributed by atoms with E-state index in [1.54, 1.807) is 14.2 Å². The molecular formula is C27H53IO5Si. The summed E-state index contributed by atoms with van der Waals surface area (Å²) >= 11 is 2.45. The SMILES string of the molecule is COCOCC[C@H](CCO[Si](C)(C)C(C)(C)C)[C@@H](/C=C(\C)CC/C=C(\C)CCCI)OCOC. The molecule has 0 amide bonds. The number of allylic oxidation sites excluding steroid dienone is 3. The summed E-state index contributed by atoms with van der Waals surface area (Å²) in [5, 5.41) is 0.203. The normalized spacial score (nSPS) is 15.6. The Hall–Kier alpha value is 0.227. The van der Waals surface area contributed by atoms with Gasteiger partial charge in [-0.1, -0.05) is 66.7 Å². The van der Waals surface area contributed by atoms with Gasteiger partial charge in [-0.2, -0.15) is 0 Å². The highest BCUT2D eigenvalue weighted by atomic mass is 127. The van der Waals surface area contributed by atoms with Crippen LogP contribution in [0.4, 0.5) is 0 Å². The van der Waals surface area contributed by atoms with Crippen LogP contribution in [0.15, 0.2) is 23.3 Å². The van der Waals surface area contributed by atoms with Gasteiger partial charge in [0, 0.05) is 27.4 Å². The number of rotatable bonds is 20. The Kier molecular flexibility index (Phi) is 19.5. The van der Waals surface area contributed by atoms with Crippen molar-refractivity contribution in [3.8, 4) is 0 Å². The van der Waals surface area contributed by atoms with Crippen LogP contribution >= 0.6 is 22.6 Å². The quantitative estimate of drug-likeness (QED) is 0.0349. The van der Waals surface area contributed by atoms with Crippen LogP contribution in [0.3, 0.4) is 0 Å². The van der Waals surface area contributed by atoms with E-state index < -0.39 is 8.32 Å². The maximum absolute atomic E-state index is 6.49. The van der Waals surface area contributed by atoms with E-state index >= 15 is 0 Å². The second-order valence-corrected chi connectivity index (χ2v) is 16.6. The van der Waals surface area contributed by atoms with E-state index in [4.69, 9.17) is 23.4 Å². The molecule has 0 radical (unpaired) electrons. The highest BCUT2D eigenvalue weighted by Crippen LogP contribution is 2.37. The molecule has 0 saturated heterocycles. The number of hydrogen-bond donors (Lipinski definition) is 0. The largest absolute Gasteiger partial charge is 0.417 e. The molecule has 0 aliphatic carbocycles. The van der Waals surface area contributed by atoms with E-state index in [-0.39, 0.29) is 23.9 Å². The van der Waals surface area contributed by atoms with Gasteiger partial charge in [0.15, 0.2) is 8.32 Å². The van der Waals surface area contributed by atoms with Crippen molar-refractivity contribution in [3.63, 3.8) is 0 Å². The van der Waals surface area contributed by atoms with Crippen LogP contribution in [0, 0.1) is 5.92 Å². The molecule has 0 spiro atoms. The van der Waals surface area contributed by atoms with Gasteiger partial charge >= 0.3 is 0 Å². The summed E-state index contributed by atoms with van der Waals surface area (Å²) in [5.74, 6) is 0.285. The summed E-state index contributed by atoms with van der Waals surface area (Å²) in [6, 6.07) is 0. The van der Waals surface area contributed by atoms with Gasteiger partial charge in [-0.15, -0.1) is 0 Å². The lowest BCUT2D eigenvalue weighted by Crippen LogP contribution is -2.41. The molecule has 0 rings (SSSR count). The first-order valence-electron chi connectivity index (χ1n) is 12.7. The lowest BCUT2D eigenvalue weighted by Gasteiger charge is -2.37. The number of hydrogen-bond acceptors (Lipinski definition) is 5. The fraction of sp³-hybridized carbons (Fsp3) is 0.852. The van der Waals surface area contributed by atoms with Gasteiger partial charge in [0.1, 0.15) is 13.6 Å². The Balaban J connectivity index is 5.28. The van der Waals surface area contributed by atoms with Crippen molar-refractivity contribution in [2.75, 3.05) is 45.4 Å². The smallest absolute Gasteiger partial charge is 0.191 e. The second kappa shape index (κ2) is 19.4. The Morgan fingerprint density at radius 3 is 2.18 bits per heavy atom. The average molecular weight is 613 g/mol. The molecule has 0 N–H and O–H groups in total. The zero-order chi connectivity index (χ0) is 26.0. The minimum absolute atomic E-state index is 0.0294. The third-order valence-corrected chi connectivity index (χ3v) is 11.9. The van der Waals surface area contributed by atoms with Crippen molar-refractivity contribution in [1.82, 2.24) is 0 Å². The summed E-state index contributed by atoms with van der Waals surface area (Å²) in [7, 11) is 1.54. The minimum atomic E-state index is -1.79. The average Bonchev–Trinajstić information content (AvgIpc) is 2.76. The third-order valence-electron chi connectivity index (χ3n) is 6.62. The van der Waals surface area contributed by atoms with Gasteiger partial charge in [0.2, 0.25) is 0 Å². The van der Waals surface area contributed by atoms with Crippen molar-refractivity contribution in [2.24, 2.45) is 5.92 Å². The lowest BCUT2D eigenvalue weighted by molar-refractivity contribution is -0.0846. The summed E-state index contributed by atoms with van der Waals surface area (Å²) in [4.78, 5) is 0. The highest BCUT2D eigenvalue weighted by Gasteiger charge is 2.37. The Bertz CT molecular complexity index is 572. The third kappa shape index (κ3) is 16.1. The Labute approximate surface area is 225 Å². The summed E-state index contributed by atoms with van der Waals surface area (Å²) in [5.41, 5.74) is 2.85. The molecule has 7 heteroatoms. The van der Waals surface area contributed by atoms with Crippen LogP contribution < -0.4 is 0 Å². The molecule has 34 heavy (non-hydrogen) atoms. The molecule has 0 aromatic heterocycles. The summed E-state index contributed by atoms with van der Waals surface area (Å²) in [6.45, 7) is 17.9. The Morgan fingerprint density at radius 1 is 0.941 bits per heavy atom. The molecule has 0 unspecified atom stereocenters. The van der Waals surface area contributed by atoms with Crippen molar-refractivity contribution < 1.29 is 23.4 Å². The maximum Gasteiger partial charge on any atom is 0.191 e. The first-order valence-corrected chi connectivity index (χ1v) is 17.1. The summed E-state index contributed by atoms with van der Waals surface area (Å²) < 4.78 is 29.8. The number of halogens is 1. The van der Waals surface area contributed by atoms with Crippen LogP contribution in [0.2, 0.25) is 18.1 Å². The van der Waals surface area contributed by atoms with E-state index in [9.17, 15) is 0 Å². The molecule has 0 fully saturated rings. The molecule has 0 saturated carbocycles. The van der Waals surface area contributed by atoms with Crippen molar-refractivity contribution >= 4 is 30.9 Å². The van der Waals surface area contributed by atoms with Crippen molar-refractivity contribution in [2.45, 2.75) is 97.4 Å². The number of ether oxygens (including phenoxy) is 4. The zero-order valence-electron chi connectivity index (χ0n) is 23.5. The van der Waals surface area contributed by atoms with E-state index in [1.807, 2.05) is 0 Å². The van der Waals surface area contributed by atoms with Gasteiger partial charge in [-0.3, -0.25) is 0 Å². The monoisotopic (exact) mass is 612 g/mol. The van der Waals surface area contributed by atoms with E-state index in [0.29, 0.717) is 13.4 Å². The number of alkyl halides is 1. The molecule has 0 heterocycles. The Morgan fingerprint density at radius 2 is 1.59 bits per heavy atom. The molecule has 0 aliphatic heterocycles. The van der Waals surface area contributed by atoms with Gasteiger partial charge in [-0.05, 0) is 80.9 Å². The van der Waals surface area contributed by atoms with Crippen LogP contribution in [0.1, 0.15) is 73.1 Å². The van der Waals surface area contributed by atoms with Crippen molar-refractivity contribution in [3.05, 3.63) is 23.3 Å². The first-order chi connectivity index (χ1) is 16.0. The molecule has 2 atom stereocenters. The molecule has 0 aromatic rings. The van der Waals surface area contributed by atoms with Gasteiger partial charge in [-0.25, -0.2) is 0 Å². The fourth-order valence-electron chi connectivity index (χ4n) is 3.36. The first kappa shape index (κ1) is 34.2. The predicted molar refractivity (Wildman–Crippen MR) is 155 cm³/mol. The fourth-order valence-corrected chi connectivity index (χ4v) is 4.80. The molecule has 202 valence electrons. The van der Waals surface area contributed by atoms with Gasteiger partial charge in [0.05, 0.1) is 6.10 Å². The second-order valence-electron chi connectivity index (χ2n) is 10.7. The zero-order valence-corrected chi connectivity index (χ0v) is 26.7. The van der Waals surface area contributed by atoms with Crippen LogP contribution in [-0.4, -0.2) is 59.9 Å². The van der Waals surface area contributed by atoms with E-state index in [0.717, 1.165) is 32.3 Å². The van der Waals surface area contributed by atoms with E-state index in [2.05, 4.69) is 82.5 Å². The standard InChI is InChI=1S/C27H53IO5Si/c1-23(14-11-17-28)12-10-13-24(2)20-26(32-22-30-7)25(15-18-31-21-29-6)16-19-33-34(8,9)27(3,4)5/h12,20,25-26H,10-11,13-19,21-22H2,1-9H3/b23-12+,24-20+/t25-,26-/m1/s1. The lowest BCUT2D eigenvalue weighted by atomic mass is 9.93. The topological polar surface area (TPSA) is 46.2 Å². The van der Waals surface area contributed by atoms with Crippen molar-refractivity contribution in [1.29, 1.82) is 0 Å². The molecular weight excluding hydrogens is 559 g/mol.